The van der Waals surface area contributed by atoms with Crippen LogP contribution in [0.5, 0.6) is 0 Å². The normalized spacial score (nSPS) is 10.0. The van der Waals surface area contributed by atoms with Crippen molar-refractivity contribution in [2.75, 3.05) is 6.54 Å². The van der Waals surface area contributed by atoms with Crippen molar-refractivity contribution in [1.82, 2.24) is 15.3 Å². The molecule has 1 heterocycles. The number of fused-ring (bicyclic) bond motifs is 1. The summed E-state index contributed by atoms with van der Waals surface area (Å²) in [4.78, 5) is 30.0. The SMILES string of the molecule is O=C(NCCC#Cc1ccc2nc[nH]c(=O)c2c1)OCc1ccccc1. The number of ether oxygens (including phenoxy) is 1. The fourth-order valence-corrected chi connectivity index (χ4v) is 2.31. The molecule has 1 aromatic heterocycles. The van der Waals surface area contributed by atoms with Gasteiger partial charge >= 0.3 is 6.09 Å². The second-order valence-electron chi connectivity index (χ2n) is 5.50. The third-order valence-corrected chi connectivity index (χ3v) is 3.61. The summed E-state index contributed by atoms with van der Waals surface area (Å²) in [6.07, 6.45) is 1.37. The molecule has 2 aromatic carbocycles. The highest BCUT2D eigenvalue weighted by atomic mass is 16.5. The van der Waals surface area contributed by atoms with Gasteiger partial charge in [-0.3, -0.25) is 4.79 Å². The van der Waals surface area contributed by atoms with E-state index in [-0.39, 0.29) is 12.2 Å². The van der Waals surface area contributed by atoms with Gasteiger partial charge in [-0.05, 0) is 23.8 Å². The minimum Gasteiger partial charge on any atom is -0.445 e. The number of carbonyl (C=O) groups excluding carboxylic acids is 1. The first-order valence-corrected chi connectivity index (χ1v) is 8.13. The summed E-state index contributed by atoms with van der Waals surface area (Å²) in [5.41, 5.74) is 2.09. The van der Waals surface area contributed by atoms with Crippen LogP contribution in [0.15, 0.2) is 59.7 Å². The molecule has 0 aliphatic carbocycles. The minimum absolute atomic E-state index is 0.193. The Morgan fingerprint density at radius 3 is 2.88 bits per heavy atom. The van der Waals surface area contributed by atoms with E-state index >= 15 is 0 Å². The summed E-state index contributed by atoms with van der Waals surface area (Å²) in [6, 6.07) is 14.7. The molecule has 0 atom stereocenters. The van der Waals surface area contributed by atoms with Gasteiger partial charge in [0.05, 0.1) is 17.2 Å². The van der Waals surface area contributed by atoms with Crippen LogP contribution in [0.25, 0.3) is 10.9 Å². The largest absolute Gasteiger partial charge is 0.445 e. The monoisotopic (exact) mass is 347 g/mol. The zero-order valence-corrected chi connectivity index (χ0v) is 14.0. The summed E-state index contributed by atoms with van der Waals surface area (Å²) in [7, 11) is 0. The number of nitrogens with zero attached hydrogens (tertiary/aromatic N) is 1. The molecule has 3 rings (SSSR count). The first-order chi connectivity index (χ1) is 12.7. The first-order valence-electron chi connectivity index (χ1n) is 8.13. The number of hydrogen-bond donors (Lipinski definition) is 2. The van der Waals surface area contributed by atoms with Crippen molar-refractivity contribution in [2.45, 2.75) is 13.0 Å². The summed E-state index contributed by atoms with van der Waals surface area (Å²) in [5, 5.41) is 3.15. The van der Waals surface area contributed by atoms with Crippen molar-refractivity contribution < 1.29 is 9.53 Å². The van der Waals surface area contributed by atoms with Crippen LogP contribution >= 0.6 is 0 Å². The lowest BCUT2D eigenvalue weighted by molar-refractivity contribution is 0.140. The average molecular weight is 347 g/mol. The fourth-order valence-electron chi connectivity index (χ4n) is 2.31. The molecule has 0 fully saturated rings. The van der Waals surface area contributed by atoms with Crippen LogP contribution in [0.2, 0.25) is 0 Å². The number of benzene rings is 2. The molecule has 0 bridgehead atoms. The molecule has 3 aromatic rings. The Labute approximate surface area is 150 Å². The number of hydrogen-bond acceptors (Lipinski definition) is 4. The molecule has 0 unspecified atom stereocenters. The summed E-state index contributed by atoms with van der Waals surface area (Å²) in [5.74, 6) is 5.93. The molecule has 1 amide bonds. The highest BCUT2D eigenvalue weighted by Gasteiger charge is 2.01. The Morgan fingerprint density at radius 2 is 2.04 bits per heavy atom. The molecule has 130 valence electrons. The van der Waals surface area contributed by atoms with Crippen LogP contribution in [0, 0.1) is 11.8 Å². The average Bonchev–Trinajstić information content (AvgIpc) is 2.67. The number of aromatic amines is 1. The van der Waals surface area contributed by atoms with E-state index in [1.807, 2.05) is 36.4 Å². The van der Waals surface area contributed by atoms with E-state index in [1.54, 1.807) is 12.1 Å². The highest BCUT2D eigenvalue weighted by molar-refractivity contribution is 5.78. The standard InChI is InChI=1S/C20H17N3O3/c24-19-17-12-15(9-10-18(17)22-14-23-19)6-4-5-11-21-20(25)26-13-16-7-2-1-3-8-16/h1-3,7-10,12,14H,5,11,13H2,(H,21,25)(H,22,23,24). The quantitative estimate of drug-likeness (QED) is 0.561. The second kappa shape index (κ2) is 8.49. The van der Waals surface area contributed by atoms with Gasteiger partial charge in [0.1, 0.15) is 6.61 Å². The lowest BCUT2D eigenvalue weighted by Crippen LogP contribution is -2.24. The molecule has 0 spiro atoms. The third kappa shape index (κ3) is 4.71. The van der Waals surface area contributed by atoms with E-state index in [4.69, 9.17) is 4.74 Å². The van der Waals surface area contributed by atoms with E-state index < -0.39 is 6.09 Å². The second-order valence-corrected chi connectivity index (χ2v) is 5.50. The molecule has 6 nitrogen and oxygen atoms in total. The Hall–Kier alpha value is -3.59. The van der Waals surface area contributed by atoms with Gasteiger partial charge < -0.3 is 15.0 Å². The van der Waals surface area contributed by atoms with Crippen LogP contribution in [-0.4, -0.2) is 22.6 Å². The Morgan fingerprint density at radius 1 is 1.19 bits per heavy atom. The molecule has 6 heteroatoms. The molecule has 2 N–H and O–H groups in total. The summed E-state index contributed by atoms with van der Waals surface area (Å²) >= 11 is 0. The topological polar surface area (TPSA) is 84.1 Å². The smallest absolute Gasteiger partial charge is 0.407 e. The molecular formula is C20H17N3O3. The van der Waals surface area contributed by atoms with Crippen LogP contribution in [-0.2, 0) is 11.3 Å². The maximum atomic E-state index is 11.7. The molecule has 26 heavy (non-hydrogen) atoms. The van der Waals surface area contributed by atoms with Gasteiger partial charge in [0.2, 0.25) is 0 Å². The fraction of sp³-hybridized carbons (Fsp3) is 0.150. The van der Waals surface area contributed by atoms with Gasteiger partial charge in [0.15, 0.2) is 0 Å². The lowest BCUT2D eigenvalue weighted by atomic mass is 10.1. The van der Waals surface area contributed by atoms with E-state index in [0.29, 0.717) is 23.9 Å². The van der Waals surface area contributed by atoms with Gasteiger partial charge in [-0.15, -0.1) is 0 Å². The predicted molar refractivity (Wildman–Crippen MR) is 98.5 cm³/mol. The Kier molecular flexibility index (Phi) is 5.63. The van der Waals surface area contributed by atoms with E-state index in [0.717, 1.165) is 11.1 Å². The zero-order chi connectivity index (χ0) is 18.2. The van der Waals surface area contributed by atoms with Gasteiger partial charge in [-0.1, -0.05) is 42.2 Å². The Balaban J connectivity index is 1.46. The van der Waals surface area contributed by atoms with Gasteiger partial charge in [-0.2, -0.15) is 0 Å². The Bertz CT molecular complexity index is 1020. The van der Waals surface area contributed by atoms with Crippen LogP contribution < -0.4 is 10.9 Å². The van der Waals surface area contributed by atoms with Crippen molar-refractivity contribution in [3.05, 3.63) is 76.3 Å². The maximum Gasteiger partial charge on any atom is 0.407 e. The van der Waals surface area contributed by atoms with Crippen molar-refractivity contribution >= 4 is 17.0 Å². The molecular weight excluding hydrogens is 330 g/mol. The van der Waals surface area contributed by atoms with Gasteiger partial charge in [0.25, 0.3) is 5.56 Å². The van der Waals surface area contributed by atoms with Crippen molar-refractivity contribution in [3.63, 3.8) is 0 Å². The van der Waals surface area contributed by atoms with Crippen LogP contribution in [0.1, 0.15) is 17.5 Å². The number of nitrogens with one attached hydrogen (secondary N) is 2. The van der Waals surface area contributed by atoms with Gasteiger partial charge in [-0.25, -0.2) is 9.78 Å². The summed E-state index contributed by atoms with van der Waals surface area (Å²) in [6.45, 7) is 0.619. The summed E-state index contributed by atoms with van der Waals surface area (Å²) < 4.78 is 5.11. The molecule has 0 saturated heterocycles. The maximum absolute atomic E-state index is 11.7. The van der Waals surface area contributed by atoms with Crippen molar-refractivity contribution in [2.24, 2.45) is 0 Å². The zero-order valence-electron chi connectivity index (χ0n) is 14.0. The lowest BCUT2D eigenvalue weighted by Gasteiger charge is -2.05. The van der Waals surface area contributed by atoms with Crippen LogP contribution in [0.4, 0.5) is 4.79 Å². The highest BCUT2D eigenvalue weighted by Crippen LogP contribution is 2.08. The molecule has 0 aliphatic rings. The van der Waals surface area contributed by atoms with E-state index in [1.165, 1.54) is 6.33 Å². The van der Waals surface area contributed by atoms with Crippen LogP contribution in [0.3, 0.4) is 0 Å². The molecule has 0 radical (unpaired) electrons. The predicted octanol–water partition coefficient (Wildman–Crippen LogP) is 2.59. The number of amides is 1. The van der Waals surface area contributed by atoms with Gasteiger partial charge in [0, 0.05) is 18.5 Å². The number of aromatic nitrogens is 2. The van der Waals surface area contributed by atoms with E-state index in [9.17, 15) is 9.59 Å². The minimum atomic E-state index is -0.473. The number of alkyl carbamates (subject to hydrolysis) is 1. The van der Waals surface area contributed by atoms with Crippen molar-refractivity contribution in [3.8, 4) is 11.8 Å². The first kappa shape index (κ1) is 17.2. The number of carbonyl (C=O) groups is 1. The molecule has 0 aliphatic heterocycles. The van der Waals surface area contributed by atoms with E-state index in [2.05, 4.69) is 27.1 Å². The number of rotatable bonds is 4. The third-order valence-electron chi connectivity index (χ3n) is 3.61. The number of H-pyrrole nitrogens is 1. The molecule has 0 saturated carbocycles. The van der Waals surface area contributed by atoms with Crippen molar-refractivity contribution in [1.29, 1.82) is 0 Å².